The maximum Gasteiger partial charge on any atom is 0.223 e. The number of benzene rings is 1. The van der Waals surface area contributed by atoms with Gasteiger partial charge in [-0.05, 0) is 51.3 Å². The minimum absolute atomic E-state index is 0.0237. The van der Waals surface area contributed by atoms with Crippen LogP contribution < -0.4 is 5.32 Å². The van der Waals surface area contributed by atoms with Crippen molar-refractivity contribution in [2.24, 2.45) is 5.92 Å². The number of amides is 1. The number of morpholine rings is 1. The Morgan fingerprint density at radius 2 is 1.91 bits per heavy atom. The first kappa shape index (κ1) is 16.5. The summed E-state index contributed by atoms with van der Waals surface area (Å²) in [5.74, 6) is 0.822. The zero-order valence-electron chi connectivity index (χ0n) is 14.2. The molecule has 2 aliphatic heterocycles. The normalized spacial score (nSPS) is 29.5. The van der Waals surface area contributed by atoms with Gasteiger partial charge in [-0.25, -0.2) is 0 Å². The molecule has 1 aromatic rings. The molecule has 4 heteroatoms. The minimum atomic E-state index is -0.0237. The van der Waals surface area contributed by atoms with Crippen LogP contribution in [0.4, 0.5) is 0 Å². The van der Waals surface area contributed by atoms with E-state index in [0.29, 0.717) is 24.9 Å². The fourth-order valence-electron chi connectivity index (χ4n) is 3.94. The lowest BCUT2D eigenvalue weighted by molar-refractivity contribution is -0.154. The second kappa shape index (κ2) is 7.45. The highest BCUT2D eigenvalue weighted by molar-refractivity contribution is 5.77. The van der Waals surface area contributed by atoms with E-state index in [1.54, 1.807) is 0 Å². The first-order valence-corrected chi connectivity index (χ1v) is 8.85. The molecule has 0 aliphatic carbocycles. The number of ether oxygens (including phenoxy) is 1. The number of carbonyl (C=O) groups is 1. The fourth-order valence-corrected chi connectivity index (χ4v) is 3.94. The van der Waals surface area contributed by atoms with Gasteiger partial charge in [-0.3, -0.25) is 4.79 Å². The largest absolute Gasteiger partial charge is 0.369 e. The molecular formula is C19H28N2O2. The number of hydrogen-bond donors (Lipinski definition) is 1. The summed E-state index contributed by atoms with van der Waals surface area (Å²) in [5.41, 5.74) is 1.16. The monoisotopic (exact) mass is 316 g/mol. The molecule has 2 fully saturated rings. The second-order valence-corrected chi connectivity index (χ2v) is 6.95. The molecule has 3 atom stereocenters. The van der Waals surface area contributed by atoms with Gasteiger partial charge in [0.1, 0.15) is 6.10 Å². The summed E-state index contributed by atoms with van der Waals surface area (Å²) in [6.07, 6.45) is 2.88. The molecule has 2 heterocycles. The Morgan fingerprint density at radius 1 is 1.22 bits per heavy atom. The molecule has 1 amide bonds. The molecule has 4 nitrogen and oxygen atoms in total. The van der Waals surface area contributed by atoms with E-state index in [0.717, 1.165) is 31.5 Å². The minimum Gasteiger partial charge on any atom is -0.369 e. The highest BCUT2D eigenvalue weighted by atomic mass is 16.5. The average Bonchev–Trinajstić information content (AvgIpc) is 2.57. The van der Waals surface area contributed by atoms with Crippen molar-refractivity contribution in [1.82, 2.24) is 10.2 Å². The molecule has 0 spiro atoms. The van der Waals surface area contributed by atoms with Crippen molar-refractivity contribution in [3.05, 3.63) is 35.9 Å². The van der Waals surface area contributed by atoms with Crippen molar-refractivity contribution < 1.29 is 9.53 Å². The van der Waals surface area contributed by atoms with Crippen molar-refractivity contribution in [1.29, 1.82) is 0 Å². The van der Waals surface area contributed by atoms with Gasteiger partial charge in [0.25, 0.3) is 0 Å². The summed E-state index contributed by atoms with van der Waals surface area (Å²) in [5, 5.41) is 3.37. The van der Waals surface area contributed by atoms with Crippen LogP contribution in [0.5, 0.6) is 0 Å². The summed E-state index contributed by atoms with van der Waals surface area (Å²) < 4.78 is 6.06. The summed E-state index contributed by atoms with van der Waals surface area (Å²) in [4.78, 5) is 15.0. The Hall–Kier alpha value is -1.39. The summed E-state index contributed by atoms with van der Waals surface area (Å²) in [6, 6.07) is 10.5. The van der Waals surface area contributed by atoms with Crippen molar-refractivity contribution >= 4 is 5.91 Å². The van der Waals surface area contributed by atoms with Crippen molar-refractivity contribution in [2.45, 2.75) is 51.3 Å². The molecule has 23 heavy (non-hydrogen) atoms. The molecule has 0 radical (unpaired) electrons. The molecule has 126 valence electrons. The van der Waals surface area contributed by atoms with E-state index in [2.05, 4.69) is 36.2 Å². The zero-order chi connectivity index (χ0) is 16.2. The van der Waals surface area contributed by atoms with E-state index in [1.165, 1.54) is 0 Å². The van der Waals surface area contributed by atoms with Gasteiger partial charge in [-0.15, -0.1) is 0 Å². The van der Waals surface area contributed by atoms with Gasteiger partial charge in [-0.1, -0.05) is 30.3 Å². The first-order valence-electron chi connectivity index (χ1n) is 8.85. The van der Waals surface area contributed by atoms with Crippen molar-refractivity contribution in [3.8, 4) is 0 Å². The molecule has 2 saturated heterocycles. The molecule has 0 aromatic heterocycles. The van der Waals surface area contributed by atoms with E-state index < -0.39 is 0 Å². The third kappa shape index (κ3) is 3.75. The molecule has 0 bridgehead atoms. The number of nitrogens with one attached hydrogen (secondary N) is 1. The molecule has 0 unspecified atom stereocenters. The van der Waals surface area contributed by atoms with Crippen LogP contribution in [-0.4, -0.2) is 42.6 Å². The number of nitrogens with zero attached hydrogens (tertiary/aromatic N) is 1. The van der Waals surface area contributed by atoms with E-state index in [4.69, 9.17) is 4.74 Å². The van der Waals surface area contributed by atoms with Crippen LogP contribution in [0.2, 0.25) is 0 Å². The van der Waals surface area contributed by atoms with E-state index in [-0.39, 0.29) is 18.2 Å². The summed E-state index contributed by atoms with van der Waals surface area (Å²) >= 11 is 0. The van der Waals surface area contributed by atoms with Gasteiger partial charge >= 0.3 is 0 Å². The van der Waals surface area contributed by atoms with Gasteiger partial charge in [0.15, 0.2) is 0 Å². The third-order valence-corrected chi connectivity index (χ3v) is 5.21. The zero-order valence-corrected chi connectivity index (χ0v) is 14.2. The van der Waals surface area contributed by atoms with E-state index in [9.17, 15) is 4.79 Å². The van der Waals surface area contributed by atoms with Crippen molar-refractivity contribution in [3.63, 3.8) is 0 Å². The topological polar surface area (TPSA) is 41.6 Å². The number of carbonyl (C=O) groups excluding carboxylic acids is 1. The van der Waals surface area contributed by atoms with Crippen LogP contribution in [0.15, 0.2) is 30.3 Å². The predicted octanol–water partition coefficient (Wildman–Crippen LogP) is 2.75. The molecular weight excluding hydrogens is 288 g/mol. The first-order chi connectivity index (χ1) is 11.2. The smallest absolute Gasteiger partial charge is 0.223 e. The highest BCUT2D eigenvalue weighted by Crippen LogP contribution is 2.32. The lowest BCUT2D eigenvalue weighted by Gasteiger charge is -2.44. The van der Waals surface area contributed by atoms with Crippen LogP contribution in [0.3, 0.4) is 0 Å². The Balaban J connectivity index is 1.70. The molecule has 1 aromatic carbocycles. The number of piperidine rings is 1. The van der Waals surface area contributed by atoms with Gasteiger partial charge in [0.2, 0.25) is 5.91 Å². The Morgan fingerprint density at radius 3 is 2.61 bits per heavy atom. The number of hydrogen-bond acceptors (Lipinski definition) is 3. The maximum absolute atomic E-state index is 12.9. The maximum atomic E-state index is 12.9. The molecule has 2 aliphatic rings. The van der Waals surface area contributed by atoms with Gasteiger partial charge < -0.3 is 15.0 Å². The SMILES string of the molecule is C[C@@H]1CO[C@H](c2ccccc2)[C@H](C)N1C(=O)CC1CCNCC1. The van der Waals surface area contributed by atoms with E-state index in [1.807, 2.05) is 18.2 Å². The summed E-state index contributed by atoms with van der Waals surface area (Å²) in [7, 11) is 0. The van der Waals surface area contributed by atoms with E-state index >= 15 is 0 Å². The molecule has 1 N–H and O–H groups in total. The lowest BCUT2D eigenvalue weighted by atomic mass is 9.92. The Labute approximate surface area is 139 Å². The third-order valence-electron chi connectivity index (χ3n) is 5.21. The van der Waals surface area contributed by atoms with Crippen LogP contribution >= 0.6 is 0 Å². The molecule has 3 rings (SSSR count). The predicted molar refractivity (Wildman–Crippen MR) is 91.1 cm³/mol. The van der Waals surface area contributed by atoms with Crippen LogP contribution in [0.1, 0.15) is 44.8 Å². The molecule has 0 saturated carbocycles. The number of rotatable bonds is 3. The van der Waals surface area contributed by atoms with Crippen LogP contribution in [0.25, 0.3) is 0 Å². The van der Waals surface area contributed by atoms with Gasteiger partial charge in [0, 0.05) is 6.42 Å². The summed E-state index contributed by atoms with van der Waals surface area (Å²) in [6.45, 7) is 6.91. The van der Waals surface area contributed by atoms with Crippen LogP contribution in [0, 0.1) is 5.92 Å². The Bertz CT molecular complexity index is 513. The quantitative estimate of drug-likeness (QED) is 0.932. The Kier molecular flexibility index (Phi) is 5.34. The highest BCUT2D eigenvalue weighted by Gasteiger charge is 2.37. The van der Waals surface area contributed by atoms with Gasteiger partial charge in [-0.2, -0.15) is 0 Å². The fraction of sp³-hybridized carbons (Fsp3) is 0.632. The van der Waals surface area contributed by atoms with Gasteiger partial charge in [0.05, 0.1) is 18.7 Å². The average molecular weight is 316 g/mol. The second-order valence-electron chi connectivity index (χ2n) is 6.95. The van der Waals surface area contributed by atoms with Crippen LogP contribution in [-0.2, 0) is 9.53 Å². The van der Waals surface area contributed by atoms with Crippen molar-refractivity contribution in [2.75, 3.05) is 19.7 Å². The standard InChI is InChI=1S/C19H28N2O2/c1-14-13-23-19(17-6-4-3-5-7-17)15(2)21(14)18(22)12-16-8-10-20-11-9-16/h3-7,14-16,19-20H,8-13H2,1-2H3/t14-,15+,19+/m1/s1. The lowest BCUT2D eigenvalue weighted by Crippen LogP contribution is -2.54.